The smallest absolute Gasteiger partial charge is 0.370 e. The number of aromatic nitrogens is 3. The van der Waals surface area contributed by atoms with Gasteiger partial charge in [-0.15, -0.1) is 10.2 Å². The van der Waals surface area contributed by atoms with Crippen LogP contribution in [0, 0.1) is 0 Å². The molecule has 3 N–H and O–H groups in total. The number of pyridine rings is 1. The number of rotatable bonds is 3. The van der Waals surface area contributed by atoms with Crippen LogP contribution in [0.5, 0.6) is 0 Å². The van der Waals surface area contributed by atoms with E-state index < -0.39 is 11.7 Å². The van der Waals surface area contributed by atoms with Crippen molar-refractivity contribution in [1.29, 1.82) is 0 Å². The first-order valence-electron chi connectivity index (χ1n) is 7.91. The first-order valence-corrected chi connectivity index (χ1v) is 7.91. The van der Waals surface area contributed by atoms with Gasteiger partial charge in [0.05, 0.1) is 5.56 Å². The summed E-state index contributed by atoms with van der Waals surface area (Å²) in [4.78, 5) is 4.18. The van der Waals surface area contributed by atoms with Crippen molar-refractivity contribution in [2.75, 3.05) is 0 Å². The van der Waals surface area contributed by atoms with Crippen LogP contribution >= 0.6 is 0 Å². The summed E-state index contributed by atoms with van der Waals surface area (Å²) in [6.07, 6.45) is 2.24. The highest BCUT2D eigenvalue weighted by atomic mass is 19.4. The van der Waals surface area contributed by atoms with E-state index in [2.05, 4.69) is 20.5 Å². The van der Waals surface area contributed by atoms with Crippen molar-refractivity contribution in [2.45, 2.75) is 50.9 Å². The fraction of sp³-hybridized carbons (Fsp3) is 0.533. The molecule has 0 bridgehead atoms. The summed E-state index contributed by atoms with van der Waals surface area (Å²) >= 11 is 0. The summed E-state index contributed by atoms with van der Waals surface area (Å²) in [6, 6.07) is 2.58. The number of nitrogens with one attached hydrogen (secondary N) is 1. The van der Waals surface area contributed by atoms with Gasteiger partial charge in [-0.2, -0.15) is 13.2 Å². The molecule has 24 heavy (non-hydrogen) atoms. The van der Waals surface area contributed by atoms with E-state index in [1.807, 2.05) is 0 Å². The van der Waals surface area contributed by atoms with E-state index >= 15 is 0 Å². The van der Waals surface area contributed by atoms with E-state index in [0.29, 0.717) is 17.5 Å². The van der Waals surface area contributed by atoms with E-state index in [4.69, 9.17) is 5.73 Å². The number of nitrogens with zero attached hydrogens (tertiary/aromatic N) is 4. The zero-order valence-corrected chi connectivity index (χ0v) is 13.1. The summed E-state index contributed by atoms with van der Waals surface area (Å²) in [7, 11) is 0. The van der Waals surface area contributed by atoms with Crippen molar-refractivity contribution in [3.05, 3.63) is 29.7 Å². The van der Waals surface area contributed by atoms with Crippen molar-refractivity contribution in [2.24, 2.45) is 10.7 Å². The van der Waals surface area contributed by atoms with Gasteiger partial charge in [-0.25, -0.2) is 4.99 Å². The molecule has 0 unspecified atom stereocenters. The third-order valence-corrected chi connectivity index (χ3v) is 4.15. The minimum atomic E-state index is -4.42. The Balaban J connectivity index is 1.73. The molecule has 9 heteroatoms. The molecule has 2 aromatic rings. The average molecular weight is 340 g/mol. The van der Waals surface area contributed by atoms with Crippen LogP contribution in [0.2, 0.25) is 0 Å². The lowest BCUT2D eigenvalue weighted by Gasteiger charge is -2.23. The molecular formula is C15H19F3N6. The van der Waals surface area contributed by atoms with E-state index in [9.17, 15) is 13.2 Å². The quantitative estimate of drug-likeness (QED) is 0.664. The standard InChI is InChI=1S/C15H19F3N6/c16-15(17,18)10-6-7-12-22-23-13(24(12)9-10)8-20-14(19)21-11-4-2-1-3-5-11/h6-7,9,11H,1-5,8H2,(H3,19,20,21). The average Bonchev–Trinajstić information content (AvgIpc) is 2.95. The van der Waals surface area contributed by atoms with Crippen LogP contribution in [0.1, 0.15) is 43.5 Å². The van der Waals surface area contributed by atoms with Gasteiger partial charge in [0.25, 0.3) is 0 Å². The summed E-state index contributed by atoms with van der Waals surface area (Å²) in [6.45, 7) is 0.0635. The van der Waals surface area contributed by atoms with Crippen molar-refractivity contribution < 1.29 is 13.2 Å². The van der Waals surface area contributed by atoms with Gasteiger partial charge in [0.15, 0.2) is 17.4 Å². The zero-order valence-electron chi connectivity index (χ0n) is 13.1. The van der Waals surface area contributed by atoms with Gasteiger partial charge in [-0.1, -0.05) is 19.3 Å². The van der Waals surface area contributed by atoms with E-state index in [-0.39, 0.29) is 12.5 Å². The first-order chi connectivity index (χ1) is 11.4. The molecule has 130 valence electrons. The molecule has 2 heterocycles. The lowest BCUT2D eigenvalue weighted by Crippen LogP contribution is -2.41. The Labute approximate surface area is 137 Å². The highest BCUT2D eigenvalue weighted by Crippen LogP contribution is 2.29. The second-order valence-corrected chi connectivity index (χ2v) is 5.94. The predicted molar refractivity (Wildman–Crippen MR) is 83.3 cm³/mol. The van der Waals surface area contributed by atoms with Crippen molar-refractivity contribution >= 4 is 11.6 Å². The number of guanidine groups is 1. The molecule has 0 saturated heterocycles. The second-order valence-electron chi connectivity index (χ2n) is 5.94. The molecule has 0 spiro atoms. The molecule has 6 nitrogen and oxygen atoms in total. The number of halogens is 3. The van der Waals surface area contributed by atoms with Gasteiger partial charge in [0.1, 0.15) is 6.54 Å². The topological polar surface area (TPSA) is 80.6 Å². The molecule has 0 atom stereocenters. The van der Waals surface area contributed by atoms with Crippen molar-refractivity contribution in [1.82, 2.24) is 19.9 Å². The number of aliphatic imine (C=N–C) groups is 1. The van der Waals surface area contributed by atoms with Gasteiger partial charge >= 0.3 is 6.18 Å². The number of alkyl halides is 3. The lowest BCUT2D eigenvalue weighted by molar-refractivity contribution is -0.137. The van der Waals surface area contributed by atoms with E-state index in [1.54, 1.807) is 0 Å². The summed E-state index contributed by atoms with van der Waals surface area (Å²) in [5, 5.41) is 10.9. The minimum Gasteiger partial charge on any atom is -0.370 e. The zero-order chi connectivity index (χ0) is 17.2. The van der Waals surface area contributed by atoms with Crippen LogP contribution < -0.4 is 11.1 Å². The van der Waals surface area contributed by atoms with Gasteiger partial charge in [0.2, 0.25) is 0 Å². The van der Waals surface area contributed by atoms with Crippen LogP contribution in [-0.4, -0.2) is 26.6 Å². The maximum Gasteiger partial charge on any atom is 0.417 e. The molecule has 1 aliphatic carbocycles. The van der Waals surface area contributed by atoms with Crippen molar-refractivity contribution in [3.8, 4) is 0 Å². The molecule has 0 aliphatic heterocycles. The lowest BCUT2D eigenvalue weighted by atomic mass is 9.96. The Bertz CT molecular complexity index is 730. The van der Waals surface area contributed by atoms with Gasteiger partial charge in [-0.3, -0.25) is 4.40 Å². The summed E-state index contributed by atoms with van der Waals surface area (Å²) in [5.74, 6) is 0.593. The van der Waals surface area contributed by atoms with E-state index in [1.165, 1.54) is 29.7 Å². The third kappa shape index (κ3) is 3.77. The SMILES string of the molecule is NC(=NCc1nnc2ccc(C(F)(F)F)cn12)NC1CCCCC1. The highest BCUT2D eigenvalue weighted by Gasteiger charge is 2.31. The largest absolute Gasteiger partial charge is 0.417 e. The van der Waals surface area contributed by atoms with Crippen molar-refractivity contribution in [3.63, 3.8) is 0 Å². The van der Waals surface area contributed by atoms with E-state index in [0.717, 1.165) is 25.1 Å². The van der Waals surface area contributed by atoms with Crippen LogP contribution in [0.15, 0.2) is 23.3 Å². The Hall–Kier alpha value is -2.32. The van der Waals surface area contributed by atoms with Crippen LogP contribution in [-0.2, 0) is 12.7 Å². The summed E-state index contributed by atoms with van der Waals surface area (Å²) in [5.41, 5.74) is 5.45. The molecular weight excluding hydrogens is 321 g/mol. The molecule has 0 radical (unpaired) electrons. The third-order valence-electron chi connectivity index (χ3n) is 4.15. The Morgan fingerprint density at radius 1 is 1.25 bits per heavy atom. The monoisotopic (exact) mass is 340 g/mol. The molecule has 1 fully saturated rings. The van der Waals surface area contributed by atoms with Crippen LogP contribution in [0.4, 0.5) is 13.2 Å². The first kappa shape index (κ1) is 16.5. The number of hydrogen-bond acceptors (Lipinski definition) is 3. The second kappa shape index (κ2) is 6.66. The molecule has 2 aromatic heterocycles. The molecule has 0 amide bonds. The number of fused-ring (bicyclic) bond motifs is 1. The number of hydrogen-bond donors (Lipinski definition) is 2. The number of nitrogens with two attached hydrogens (primary N) is 1. The Kier molecular flexibility index (Phi) is 4.59. The van der Waals surface area contributed by atoms with Gasteiger partial charge < -0.3 is 11.1 Å². The van der Waals surface area contributed by atoms with Crippen LogP contribution in [0.3, 0.4) is 0 Å². The fourth-order valence-electron chi connectivity index (χ4n) is 2.87. The summed E-state index contributed by atoms with van der Waals surface area (Å²) < 4.78 is 39.7. The Morgan fingerprint density at radius 3 is 2.71 bits per heavy atom. The van der Waals surface area contributed by atoms with Gasteiger partial charge in [-0.05, 0) is 25.0 Å². The predicted octanol–water partition coefficient (Wildman–Crippen LogP) is 2.49. The molecule has 1 aliphatic rings. The molecule has 0 aromatic carbocycles. The van der Waals surface area contributed by atoms with Gasteiger partial charge in [0, 0.05) is 12.2 Å². The maximum absolute atomic E-state index is 12.8. The Morgan fingerprint density at radius 2 is 2.00 bits per heavy atom. The highest BCUT2D eigenvalue weighted by molar-refractivity contribution is 5.78. The molecule has 3 rings (SSSR count). The van der Waals surface area contributed by atoms with Crippen LogP contribution in [0.25, 0.3) is 5.65 Å². The normalized spacial score (nSPS) is 17.4. The molecule has 1 saturated carbocycles. The maximum atomic E-state index is 12.8. The fourth-order valence-corrected chi connectivity index (χ4v) is 2.87. The minimum absolute atomic E-state index is 0.0635.